The molecule has 9 nitrogen and oxygen atoms in total. The highest BCUT2D eigenvalue weighted by atomic mass is 32.2. The zero-order valence-electron chi connectivity index (χ0n) is 14.8. The summed E-state index contributed by atoms with van der Waals surface area (Å²) in [6.07, 6.45) is 0. The molecule has 0 amide bonds. The van der Waals surface area contributed by atoms with Crippen LogP contribution in [0.1, 0.15) is 27.3 Å². The van der Waals surface area contributed by atoms with Gasteiger partial charge in [-0.2, -0.15) is 4.68 Å². The molecule has 0 aliphatic rings. The maximum atomic E-state index is 12.9. The fourth-order valence-corrected chi connectivity index (χ4v) is 4.00. The molecule has 140 valence electrons. The van der Waals surface area contributed by atoms with Crippen LogP contribution >= 0.6 is 0 Å². The van der Waals surface area contributed by atoms with Crippen LogP contribution in [0.3, 0.4) is 0 Å². The number of anilines is 1. The van der Waals surface area contributed by atoms with E-state index in [2.05, 4.69) is 20.2 Å². The Kier molecular flexibility index (Phi) is 4.66. The molecule has 0 unspecified atom stereocenters. The molecular formula is C17H17N5O4S. The molecule has 0 bridgehead atoms. The summed E-state index contributed by atoms with van der Waals surface area (Å²) in [4.78, 5) is 11.2. The maximum Gasteiger partial charge on any atom is 0.335 e. The molecule has 0 aliphatic carbocycles. The molecule has 3 aromatic rings. The molecule has 0 fully saturated rings. The molecule has 0 atom stereocenters. The largest absolute Gasteiger partial charge is 0.478 e. The van der Waals surface area contributed by atoms with E-state index in [9.17, 15) is 18.3 Å². The van der Waals surface area contributed by atoms with Crippen molar-refractivity contribution in [2.24, 2.45) is 0 Å². The van der Waals surface area contributed by atoms with Gasteiger partial charge in [0.1, 0.15) is 0 Å². The summed E-state index contributed by atoms with van der Waals surface area (Å²) >= 11 is 0. The lowest BCUT2D eigenvalue weighted by molar-refractivity contribution is 0.0696. The van der Waals surface area contributed by atoms with E-state index in [1.807, 2.05) is 0 Å². The zero-order chi connectivity index (χ0) is 19.8. The fourth-order valence-electron chi connectivity index (χ4n) is 2.61. The average Bonchev–Trinajstić information content (AvgIpc) is 3.02. The minimum atomic E-state index is -3.99. The molecule has 0 saturated heterocycles. The standard InChI is InChI=1S/C17H17N5O4S/c1-10-7-13(17(23)24)8-16(11(10)2)27(25,26)19-14-5-4-6-15(9-14)22-12(3)18-20-21-22/h4-9,19H,1-3H3,(H,23,24). The van der Waals surface area contributed by atoms with E-state index in [1.54, 1.807) is 45.0 Å². The molecule has 10 heteroatoms. The van der Waals surface area contributed by atoms with Crippen molar-refractivity contribution in [2.75, 3.05) is 4.72 Å². The lowest BCUT2D eigenvalue weighted by Gasteiger charge is -2.14. The molecule has 0 radical (unpaired) electrons. The van der Waals surface area contributed by atoms with E-state index in [4.69, 9.17) is 0 Å². The topological polar surface area (TPSA) is 127 Å². The molecule has 0 aliphatic heterocycles. The van der Waals surface area contributed by atoms with Crippen LogP contribution in [0.15, 0.2) is 41.3 Å². The minimum absolute atomic E-state index is 0.0797. The predicted molar refractivity (Wildman–Crippen MR) is 97.6 cm³/mol. The number of aromatic carboxylic acids is 1. The van der Waals surface area contributed by atoms with Crippen LogP contribution in [0.2, 0.25) is 0 Å². The van der Waals surface area contributed by atoms with Crippen molar-refractivity contribution in [1.82, 2.24) is 20.2 Å². The first-order valence-electron chi connectivity index (χ1n) is 7.92. The Balaban J connectivity index is 2.01. The zero-order valence-corrected chi connectivity index (χ0v) is 15.6. The molecule has 0 saturated carbocycles. The van der Waals surface area contributed by atoms with Crippen molar-refractivity contribution >= 4 is 21.7 Å². The number of sulfonamides is 1. The van der Waals surface area contributed by atoms with Gasteiger partial charge in [0, 0.05) is 0 Å². The van der Waals surface area contributed by atoms with E-state index in [0.29, 0.717) is 28.3 Å². The Labute approximate surface area is 155 Å². The summed E-state index contributed by atoms with van der Waals surface area (Å²) in [5, 5.41) is 20.4. The van der Waals surface area contributed by atoms with Crippen LogP contribution in [0.25, 0.3) is 5.69 Å². The third kappa shape index (κ3) is 3.65. The van der Waals surface area contributed by atoms with E-state index in [1.165, 1.54) is 10.7 Å². The number of hydrogen-bond donors (Lipinski definition) is 2. The van der Waals surface area contributed by atoms with Crippen LogP contribution in [-0.2, 0) is 10.0 Å². The number of carbonyl (C=O) groups is 1. The molecule has 27 heavy (non-hydrogen) atoms. The van der Waals surface area contributed by atoms with E-state index >= 15 is 0 Å². The first-order valence-corrected chi connectivity index (χ1v) is 9.40. The summed E-state index contributed by atoms with van der Waals surface area (Å²) in [6.45, 7) is 5.03. The number of nitrogens with one attached hydrogen (secondary N) is 1. The SMILES string of the molecule is Cc1cc(C(=O)O)cc(S(=O)(=O)Nc2cccc(-n3nnnc3C)c2)c1C. The Morgan fingerprint density at radius 2 is 1.89 bits per heavy atom. The first kappa shape index (κ1) is 18.5. The number of aromatic nitrogens is 4. The van der Waals surface area contributed by atoms with Gasteiger partial charge in [0.25, 0.3) is 10.0 Å². The fraction of sp³-hybridized carbons (Fsp3) is 0.176. The molecular weight excluding hydrogens is 370 g/mol. The Bertz CT molecular complexity index is 1140. The predicted octanol–water partition coefficient (Wildman–Crippen LogP) is 2.09. The van der Waals surface area contributed by atoms with Gasteiger partial charge >= 0.3 is 5.97 Å². The number of carboxylic acid groups (broad SMARTS) is 1. The smallest absolute Gasteiger partial charge is 0.335 e. The van der Waals surface area contributed by atoms with Gasteiger partial charge in [0.05, 0.1) is 21.8 Å². The summed E-state index contributed by atoms with van der Waals surface area (Å²) in [5.41, 5.74) is 1.87. The lowest BCUT2D eigenvalue weighted by Crippen LogP contribution is -2.16. The van der Waals surface area contributed by atoms with Gasteiger partial charge in [-0.05, 0) is 72.7 Å². The van der Waals surface area contributed by atoms with Gasteiger partial charge in [0.2, 0.25) is 0 Å². The van der Waals surface area contributed by atoms with Crippen LogP contribution < -0.4 is 4.72 Å². The van der Waals surface area contributed by atoms with Crippen molar-refractivity contribution in [3.05, 3.63) is 58.9 Å². The van der Waals surface area contributed by atoms with Crippen molar-refractivity contribution < 1.29 is 18.3 Å². The van der Waals surface area contributed by atoms with Gasteiger partial charge in [-0.1, -0.05) is 6.07 Å². The Hall–Kier alpha value is -3.27. The highest BCUT2D eigenvalue weighted by molar-refractivity contribution is 7.92. The molecule has 0 spiro atoms. The number of nitrogens with zero attached hydrogens (tertiary/aromatic N) is 4. The van der Waals surface area contributed by atoms with Crippen LogP contribution in [0.5, 0.6) is 0 Å². The van der Waals surface area contributed by atoms with Crippen molar-refractivity contribution in [3.8, 4) is 5.69 Å². The van der Waals surface area contributed by atoms with Crippen LogP contribution in [-0.4, -0.2) is 39.7 Å². The summed E-state index contributed by atoms with van der Waals surface area (Å²) in [6, 6.07) is 9.18. The molecule has 2 N–H and O–H groups in total. The number of benzene rings is 2. The highest BCUT2D eigenvalue weighted by Gasteiger charge is 2.21. The molecule has 2 aromatic carbocycles. The second-order valence-electron chi connectivity index (χ2n) is 6.02. The van der Waals surface area contributed by atoms with E-state index in [0.717, 1.165) is 6.07 Å². The minimum Gasteiger partial charge on any atom is -0.478 e. The quantitative estimate of drug-likeness (QED) is 0.686. The van der Waals surface area contributed by atoms with Crippen LogP contribution in [0, 0.1) is 20.8 Å². The third-order valence-electron chi connectivity index (χ3n) is 4.12. The lowest BCUT2D eigenvalue weighted by atomic mass is 10.1. The summed E-state index contributed by atoms with van der Waals surface area (Å²) in [7, 11) is -3.99. The monoisotopic (exact) mass is 387 g/mol. The van der Waals surface area contributed by atoms with Gasteiger partial charge in [-0.25, -0.2) is 13.2 Å². The third-order valence-corrected chi connectivity index (χ3v) is 5.63. The first-order chi connectivity index (χ1) is 12.7. The molecule has 1 heterocycles. The molecule has 3 rings (SSSR count). The van der Waals surface area contributed by atoms with Crippen molar-refractivity contribution in [3.63, 3.8) is 0 Å². The van der Waals surface area contributed by atoms with Gasteiger partial charge in [0.15, 0.2) is 5.82 Å². The van der Waals surface area contributed by atoms with E-state index in [-0.39, 0.29) is 10.5 Å². The maximum absolute atomic E-state index is 12.9. The number of hydrogen-bond acceptors (Lipinski definition) is 6. The Morgan fingerprint density at radius 3 is 2.52 bits per heavy atom. The van der Waals surface area contributed by atoms with E-state index < -0.39 is 16.0 Å². The van der Waals surface area contributed by atoms with Gasteiger partial charge in [-0.3, -0.25) is 4.72 Å². The Morgan fingerprint density at radius 1 is 1.15 bits per heavy atom. The summed E-state index contributed by atoms with van der Waals surface area (Å²) in [5.74, 6) is -0.638. The number of rotatable bonds is 5. The number of aryl methyl sites for hydroxylation is 2. The highest BCUT2D eigenvalue weighted by Crippen LogP contribution is 2.24. The number of tetrazole rings is 1. The van der Waals surface area contributed by atoms with Crippen molar-refractivity contribution in [2.45, 2.75) is 25.7 Å². The van der Waals surface area contributed by atoms with Gasteiger partial charge < -0.3 is 5.11 Å². The average molecular weight is 387 g/mol. The van der Waals surface area contributed by atoms with Crippen molar-refractivity contribution in [1.29, 1.82) is 0 Å². The summed E-state index contributed by atoms with van der Waals surface area (Å²) < 4.78 is 29.7. The normalized spacial score (nSPS) is 11.4. The van der Waals surface area contributed by atoms with Crippen LogP contribution in [0.4, 0.5) is 5.69 Å². The molecule has 1 aromatic heterocycles. The van der Waals surface area contributed by atoms with Gasteiger partial charge in [-0.15, -0.1) is 5.10 Å². The second-order valence-corrected chi connectivity index (χ2v) is 7.67. The second kappa shape index (κ2) is 6.80. The number of carboxylic acids is 1.